The van der Waals surface area contributed by atoms with Crippen LogP contribution in [0.25, 0.3) is 0 Å². The van der Waals surface area contributed by atoms with Crippen LogP contribution in [-0.2, 0) is 20.9 Å². The lowest BCUT2D eigenvalue weighted by molar-refractivity contribution is -0.139. The van der Waals surface area contributed by atoms with Gasteiger partial charge < -0.3 is 11.1 Å². The van der Waals surface area contributed by atoms with Gasteiger partial charge in [-0.25, -0.2) is 0 Å². The number of nitrogens with two attached hydrogens (primary N) is 1. The van der Waals surface area contributed by atoms with E-state index in [1.165, 1.54) is 4.90 Å². The smallest absolute Gasteiger partial charge is 0.241 e. The Kier molecular flexibility index (Phi) is 5.27. The molecular weight excluding hydrogens is 282 g/mol. The molecule has 1 atom stereocenters. The fourth-order valence-electron chi connectivity index (χ4n) is 2.35. The third-order valence-electron chi connectivity index (χ3n) is 3.65. The normalized spacial score (nSPS) is 16.0. The average Bonchev–Trinajstić information content (AvgIpc) is 2.81. The fraction of sp³-hybridized carbons (Fsp3) is 0.438. The third kappa shape index (κ3) is 3.92. The Balaban J connectivity index is 1.94. The predicted molar refractivity (Wildman–Crippen MR) is 82.7 cm³/mol. The number of nitrogens with zero attached hydrogens (tertiary/aromatic N) is 1. The average molecular weight is 303 g/mol. The molecule has 1 fully saturated rings. The molecule has 2 rings (SSSR count). The number of benzene rings is 1. The number of likely N-dealkylation sites (tertiary alicyclic amines) is 1. The highest BCUT2D eigenvalue weighted by atomic mass is 16.2. The van der Waals surface area contributed by atoms with Gasteiger partial charge in [0.25, 0.3) is 0 Å². The number of hydrogen-bond donors (Lipinski definition) is 2. The minimum atomic E-state index is -0.510. The Bertz CT molecular complexity index is 553. The molecule has 0 radical (unpaired) electrons. The molecule has 1 aliphatic heterocycles. The van der Waals surface area contributed by atoms with Gasteiger partial charge in [0, 0.05) is 18.5 Å². The van der Waals surface area contributed by atoms with Crippen LogP contribution in [-0.4, -0.2) is 28.7 Å². The van der Waals surface area contributed by atoms with Crippen LogP contribution in [0.1, 0.15) is 38.2 Å². The molecule has 1 unspecified atom stereocenters. The van der Waals surface area contributed by atoms with E-state index in [1.807, 2.05) is 6.92 Å². The van der Waals surface area contributed by atoms with Crippen LogP contribution < -0.4 is 11.1 Å². The van der Waals surface area contributed by atoms with Gasteiger partial charge in [-0.3, -0.25) is 19.3 Å². The maximum Gasteiger partial charge on any atom is 0.241 e. The van der Waals surface area contributed by atoms with Gasteiger partial charge in [0.15, 0.2) is 0 Å². The van der Waals surface area contributed by atoms with Crippen LogP contribution >= 0.6 is 0 Å². The van der Waals surface area contributed by atoms with Crippen molar-refractivity contribution in [1.29, 1.82) is 0 Å². The van der Waals surface area contributed by atoms with Crippen molar-refractivity contribution in [3.05, 3.63) is 29.8 Å². The zero-order chi connectivity index (χ0) is 16.1. The van der Waals surface area contributed by atoms with Crippen molar-refractivity contribution in [3.8, 4) is 0 Å². The molecule has 3 amide bonds. The van der Waals surface area contributed by atoms with Crippen molar-refractivity contribution in [2.24, 2.45) is 5.73 Å². The SMILES string of the molecule is CCCC(N)C(=O)Nc1ccc(CN2C(=O)CCC2=O)cc1. The minimum absolute atomic E-state index is 0.132. The summed E-state index contributed by atoms with van der Waals surface area (Å²) in [6.07, 6.45) is 2.08. The van der Waals surface area contributed by atoms with Crippen LogP contribution in [0, 0.1) is 0 Å². The molecule has 0 saturated carbocycles. The number of nitrogens with one attached hydrogen (secondary N) is 1. The lowest BCUT2D eigenvalue weighted by Crippen LogP contribution is -2.35. The molecule has 1 aromatic carbocycles. The summed E-state index contributed by atoms with van der Waals surface area (Å²) in [6.45, 7) is 2.25. The lowest BCUT2D eigenvalue weighted by Gasteiger charge is -2.15. The predicted octanol–water partition coefficient (Wildman–Crippen LogP) is 1.40. The van der Waals surface area contributed by atoms with E-state index < -0.39 is 6.04 Å². The highest BCUT2D eigenvalue weighted by molar-refractivity contribution is 6.01. The third-order valence-corrected chi connectivity index (χ3v) is 3.65. The van der Waals surface area contributed by atoms with Crippen molar-refractivity contribution in [3.63, 3.8) is 0 Å². The first-order valence-corrected chi connectivity index (χ1v) is 7.50. The van der Waals surface area contributed by atoms with Gasteiger partial charge in [0.05, 0.1) is 12.6 Å². The molecule has 6 heteroatoms. The molecule has 1 saturated heterocycles. The number of imide groups is 1. The number of amides is 3. The number of carbonyl (C=O) groups is 3. The van der Waals surface area contributed by atoms with Crippen LogP contribution in [0.15, 0.2) is 24.3 Å². The molecule has 1 aromatic rings. The topological polar surface area (TPSA) is 92.5 Å². The van der Waals surface area contributed by atoms with Crippen molar-refractivity contribution in [1.82, 2.24) is 4.90 Å². The van der Waals surface area contributed by atoms with Crippen molar-refractivity contribution >= 4 is 23.4 Å². The molecule has 6 nitrogen and oxygen atoms in total. The van der Waals surface area contributed by atoms with Crippen molar-refractivity contribution < 1.29 is 14.4 Å². The van der Waals surface area contributed by atoms with Gasteiger partial charge >= 0.3 is 0 Å². The summed E-state index contributed by atoms with van der Waals surface area (Å²) in [5.41, 5.74) is 7.25. The van der Waals surface area contributed by atoms with E-state index in [2.05, 4.69) is 5.32 Å². The van der Waals surface area contributed by atoms with Gasteiger partial charge in [0.2, 0.25) is 17.7 Å². The Labute approximate surface area is 129 Å². The Hall–Kier alpha value is -2.21. The molecule has 0 aliphatic carbocycles. The molecular formula is C16H21N3O3. The molecule has 1 aliphatic rings. The number of rotatable bonds is 6. The lowest BCUT2D eigenvalue weighted by atomic mass is 10.1. The second-order valence-corrected chi connectivity index (χ2v) is 5.45. The Morgan fingerprint density at radius 3 is 2.36 bits per heavy atom. The van der Waals surface area contributed by atoms with Crippen LogP contribution in [0.3, 0.4) is 0 Å². The van der Waals surface area contributed by atoms with Gasteiger partial charge in [-0.2, -0.15) is 0 Å². The van der Waals surface area contributed by atoms with Gasteiger partial charge in [-0.05, 0) is 24.1 Å². The Morgan fingerprint density at radius 1 is 1.23 bits per heavy atom. The summed E-state index contributed by atoms with van der Waals surface area (Å²) >= 11 is 0. The maximum absolute atomic E-state index is 11.8. The summed E-state index contributed by atoms with van der Waals surface area (Å²) in [6, 6.07) is 6.57. The number of carbonyl (C=O) groups excluding carboxylic acids is 3. The highest BCUT2D eigenvalue weighted by Crippen LogP contribution is 2.17. The summed E-state index contributed by atoms with van der Waals surface area (Å²) in [4.78, 5) is 36.2. The number of hydrogen-bond acceptors (Lipinski definition) is 4. The zero-order valence-electron chi connectivity index (χ0n) is 12.7. The zero-order valence-corrected chi connectivity index (χ0v) is 12.7. The molecule has 3 N–H and O–H groups in total. The largest absolute Gasteiger partial charge is 0.325 e. The van der Waals surface area contributed by atoms with E-state index in [0.29, 0.717) is 24.9 Å². The number of anilines is 1. The van der Waals surface area contributed by atoms with Crippen LogP contribution in [0.4, 0.5) is 5.69 Å². The minimum Gasteiger partial charge on any atom is -0.325 e. The summed E-state index contributed by atoms with van der Waals surface area (Å²) in [5.74, 6) is -0.472. The van der Waals surface area contributed by atoms with Crippen LogP contribution in [0.5, 0.6) is 0 Å². The molecule has 0 bridgehead atoms. The monoisotopic (exact) mass is 303 g/mol. The van der Waals surface area contributed by atoms with Gasteiger partial charge in [0.1, 0.15) is 0 Å². The first kappa shape index (κ1) is 16.2. The maximum atomic E-state index is 11.8. The van der Waals surface area contributed by atoms with Crippen molar-refractivity contribution in [2.75, 3.05) is 5.32 Å². The first-order chi connectivity index (χ1) is 10.5. The van der Waals surface area contributed by atoms with Crippen LogP contribution in [0.2, 0.25) is 0 Å². The second-order valence-electron chi connectivity index (χ2n) is 5.45. The van der Waals surface area contributed by atoms with E-state index in [-0.39, 0.29) is 24.3 Å². The molecule has 0 spiro atoms. The standard InChI is InChI=1S/C16H21N3O3/c1-2-3-13(17)16(22)18-12-6-4-11(5-7-12)10-19-14(20)8-9-15(19)21/h4-7,13H,2-3,8-10,17H2,1H3,(H,18,22). The van der Waals surface area contributed by atoms with Gasteiger partial charge in [-0.1, -0.05) is 25.5 Å². The molecule has 118 valence electrons. The Morgan fingerprint density at radius 2 is 1.82 bits per heavy atom. The molecule has 22 heavy (non-hydrogen) atoms. The second kappa shape index (κ2) is 7.17. The fourth-order valence-corrected chi connectivity index (χ4v) is 2.35. The molecule has 0 aromatic heterocycles. The van der Waals surface area contributed by atoms with E-state index in [9.17, 15) is 14.4 Å². The molecule has 1 heterocycles. The van der Waals surface area contributed by atoms with E-state index >= 15 is 0 Å². The van der Waals surface area contributed by atoms with E-state index in [1.54, 1.807) is 24.3 Å². The quantitative estimate of drug-likeness (QED) is 0.777. The van der Waals surface area contributed by atoms with E-state index in [0.717, 1.165) is 12.0 Å². The van der Waals surface area contributed by atoms with Gasteiger partial charge in [-0.15, -0.1) is 0 Å². The van der Waals surface area contributed by atoms with Crippen molar-refractivity contribution in [2.45, 2.75) is 45.2 Å². The first-order valence-electron chi connectivity index (χ1n) is 7.50. The summed E-state index contributed by atoms with van der Waals surface area (Å²) in [5, 5.41) is 2.75. The summed E-state index contributed by atoms with van der Waals surface area (Å²) < 4.78 is 0. The summed E-state index contributed by atoms with van der Waals surface area (Å²) in [7, 11) is 0. The highest BCUT2D eigenvalue weighted by Gasteiger charge is 2.28. The van der Waals surface area contributed by atoms with E-state index in [4.69, 9.17) is 5.73 Å².